The van der Waals surface area contributed by atoms with Gasteiger partial charge in [-0.1, -0.05) is 50.5 Å². The third kappa shape index (κ3) is 7.61. The van der Waals surface area contributed by atoms with Crippen LogP contribution in [0.3, 0.4) is 0 Å². The first-order valence-electron chi connectivity index (χ1n) is 10.5. The maximum absolute atomic E-state index is 11.8. The number of unbranched alkanes of at least 4 members (excludes halogenated alkanes) is 2. The van der Waals surface area contributed by atoms with Crippen LogP contribution in [0.4, 0.5) is 0 Å². The minimum atomic E-state index is 0.272. The zero-order valence-electron chi connectivity index (χ0n) is 17.3. The Bertz CT molecular complexity index is 614. The van der Waals surface area contributed by atoms with Crippen molar-refractivity contribution < 1.29 is 4.79 Å². The van der Waals surface area contributed by atoms with Crippen LogP contribution in [-0.2, 0) is 17.9 Å². The van der Waals surface area contributed by atoms with Crippen molar-refractivity contribution in [1.29, 1.82) is 0 Å². The molecule has 2 N–H and O–H groups in total. The maximum atomic E-state index is 11.8. The van der Waals surface area contributed by atoms with E-state index in [4.69, 9.17) is 4.99 Å². The number of hydrogen-bond donors (Lipinski definition) is 2. The van der Waals surface area contributed by atoms with E-state index in [0.29, 0.717) is 25.6 Å². The summed E-state index contributed by atoms with van der Waals surface area (Å²) in [6.07, 6.45) is 6.63. The number of likely N-dealkylation sites (tertiary alicyclic amines) is 1. The minimum absolute atomic E-state index is 0.272. The van der Waals surface area contributed by atoms with Crippen molar-refractivity contribution >= 4 is 11.9 Å². The molecule has 1 unspecified atom stereocenters. The highest BCUT2D eigenvalue weighted by Crippen LogP contribution is 2.15. The lowest BCUT2D eigenvalue weighted by Gasteiger charge is -2.18. The Balaban J connectivity index is 1.92. The summed E-state index contributed by atoms with van der Waals surface area (Å²) in [7, 11) is 0. The molecule has 1 aromatic rings. The summed E-state index contributed by atoms with van der Waals surface area (Å²) in [4.78, 5) is 18.5. The standard InChI is InChI=1S/C22H36N4O/c1-4-6-7-10-18(3)25-22(23-5-2)24-16-19-11-8-12-20(15-19)17-26-14-9-13-21(26)27/h8,11-12,15,18H,4-7,9-10,13-14,16-17H2,1-3H3,(H2,23,24,25). The fraction of sp³-hybridized carbons (Fsp3) is 0.636. The first-order valence-corrected chi connectivity index (χ1v) is 10.5. The van der Waals surface area contributed by atoms with Crippen LogP contribution in [0, 0.1) is 0 Å². The van der Waals surface area contributed by atoms with Crippen LogP contribution in [0.15, 0.2) is 29.3 Å². The maximum Gasteiger partial charge on any atom is 0.222 e. The third-order valence-corrected chi connectivity index (χ3v) is 4.92. The number of benzene rings is 1. The van der Waals surface area contributed by atoms with Crippen molar-refractivity contribution in [3.63, 3.8) is 0 Å². The van der Waals surface area contributed by atoms with Gasteiger partial charge in [-0.25, -0.2) is 4.99 Å². The molecule has 0 bridgehead atoms. The molecule has 1 aliphatic heterocycles. The quantitative estimate of drug-likeness (QED) is 0.373. The van der Waals surface area contributed by atoms with Crippen molar-refractivity contribution in [2.45, 2.75) is 78.4 Å². The minimum Gasteiger partial charge on any atom is -0.357 e. The van der Waals surface area contributed by atoms with E-state index in [1.165, 1.54) is 30.4 Å². The van der Waals surface area contributed by atoms with Crippen LogP contribution in [-0.4, -0.2) is 35.9 Å². The zero-order valence-corrected chi connectivity index (χ0v) is 17.3. The van der Waals surface area contributed by atoms with Gasteiger partial charge in [0.2, 0.25) is 5.91 Å². The van der Waals surface area contributed by atoms with E-state index >= 15 is 0 Å². The Morgan fingerprint density at radius 2 is 2.07 bits per heavy atom. The average Bonchev–Trinajstić information content (AvgIpc) is 3.05. The molecule has 1 aliphatic rings. The molecule has 1 heterocycles. The number of hydrogen-bond acceptors (Lipinski definition) is 2. The topological polar surface area (TPSA) is 56.7 Å². The van der Waals surface area contributed by atoms with E-state index in [2.05, 4.69) is 55.7 Å². The molecule has 27 heavy (non-hydrogen) atoms. The van der Waals surface area contributed by atoms with Gasteiger partial charge in [-0.15, -0.1) is 0 Å². The highest BCUT2D eigenvalue weighted by atomic mass is 16.2. The fourth-order valence-electron chi connectivity index (χ4n) is 3.41. The normalized spacial score (nSPS) is 15.9. The van der Waals surface area contributed by atoms with Crippen LogP contribution in [0.5, 0.6) is 0 Å². The SMILES string of the molecule is CCCCCC(C)NC(=NCc1cccc(CN2CCCC2=O)c1)NCC. The van der Waals surface area contributed by atoms with Gasteiger partial charge < -0.3 is 15.5 Å². The molecule has 0 saturated carbocycles. The monoisotopic (exact) mass is 372 g/mol. The van der Waals surface area contributed by atoms with E-state index in [1.54, 1.807) is 0 Å². The lowest BCUT2D eigenvalue weighted by molar-refractivity contribution is -0.128. The number of guanidine groups is 1. The fourth-order valence-corrected chi connectivity index (χ4v) is 3.41. The molecule has 150 valence electrons. The molecule has 1 atom stereocenters. The summed E-state index contributed by atoms with van der Waals surface area (Å²) in [5.41, 5.74) is 2.36. The molecule has 0 aliphatic carbocycles. The summed E-state index contributed by atoms with van der Waals surface area (Å²) in [5.74, 6) is 1.15. The Morgan fingerprint density at radius 3 is 2.78 bits per heavy atom. The van der Waals surface area contributed by atoms with Gasteiger partial charge in [0.05, 0.1) is 6.54 Å². The Morgan fingerprint density at radius 1 is 1.26 bits per heavy atom. The second-order valence-electron chi connectivity index (χ2n) is 7.48. The van der Waals surface area contributed by atoms with Gasteiger partial charge in [0, 0.05) is 32.1 Å². The van der Waals surface area contributed by atoms with Gasteiger partial charge in [0.1, 0.15) is 0 Å². The Labute approximate surface area is 164 Å². The molecular weight excluding hydrogens is 336 g/mol. The van der Waals surface area contributed by atoms with Crippen LogP contribution < -0.4 is 10.6 Å². The predicted molar refractivity (Wildman–Crippen MR) is 113 cm³/mol. The molecule has 1 aromatic carbocycles. The second-order valence-corrected chi connectivity index (χ2v) is 7.48. The lowest BCUT2D eigenvalue weighted by Crippen LogP contribution is -2.42. The summed E-state index contributed by atoms with van der Waals surface area (Å²) in [6.45, 7) is 9.62. The summed E-state index contributed by atoms with van der Waals surface area (Å²) in [6, 6.07) is 8.85. The summed E-state index contributed by atoms with van der Waals surface area (Å²) in [5, 5.41) is 6.85. The molecule has 0 aromatic heterocycles. The van der Waals surface area contributed by atoms with Crippen LogP contribution in [0.25, 0.3) is 0 Å². The Hall–Kier alpha value is -2.04. The van der Waals surface area contributed by atoms with E-state index in [1.807, 2.05) is 4.90 Å². The number of nitrogens with zero attached hydrogens (tertiary/aromatic N) is 2. The number of carbonyl (C=O) groups excluding carboxylic acids is 1. The van der Waals surface area contributed by atoms with Crippen LogP contribution in [0.1, 0.15) is 70.4 Å². The number of carbonyl (C=O) groups is 1. The van der Waals surface area contributed by atoms with Gasteiger partial charge in [-0.2, -0.15) is 0 Å². The molecule has 1 amide bonds. The summed E-state index contributed by atoms with van der Waals surface area (Å²) >= 11 is 0. The van der Waals surface area contributed by atoms with Crippen molar-refractivity contribution in [3.05, 3.63) is 35.4 Å². The van der Waals surface area contributed by atoms with E-state index in [0.717, 1.165) is 31.9 Å². The first-order chi connectivity index (χ1) is 13.1. The molecule has 2 rings (SSSR count). The number of aliphatic imine (C=N–C) groups is 1. The molecule has 5 nitrogen and oxygen atoms in total. The predicted octanol–water partition coefficient (Wildman–Crippen LogP) is 3.83. The lowest BCUT2D eigenvalue weighted by atomic mass is 10.1. The highest BCUT2D eigenvalue weighted by molar-refractivity contribution is 5.80. The van der Waals surface area contributed by atoms with Crippen molar-refractivity contribution in [2.75, 3.05) is 13.1 Å². The zero-order chi connectivity index (χ0) is 19.5. The molecule has 0 radical (unpaired) electrons. The average molecular weight is 373 g/mol. The van der Waals surface area contributed by atoms with Crippen LogP contribution in [0.2, 0.25) is 0 Å². The number of nitrogens with one attached hydrogen (secondary N) is 2. The van der Waals surface area contributed by atoms with E-state index < -0.39 is 0 Å². The van der Waals surface area contributed by atoms with Gasteiger partial charge in [0.25, 0.3) is 0 Å². The second kappa shape index (κ2) is 11.6. The molecule has 5 heteroatoms. The van der Waals surface area contributed by atoms with Gasteiger partial charge in [0.15, 0.2) is 5.96 Å². The van der Waals surface area contributed by atoms with Crippen molar-refractivity contribution in [3.8, 4) is 0 Å². The number of rotatable bonds is 10. The van der Waals surface area contributed by atoms with Gasteiger partial charge in [-0.05, 0) is 37.8 Å². The van der Waals surface area contributed by atoms with E-state index in [-0.39, 0.29) is 5.91 Å². The Kier molecular flexibility index (Phi) is 9.16. The molecule has 0 spiro atoms. The first kappa shape index (κ1) is 21.3. The highest BCUT2D eigenvalue weighted by Gasteiger charge is 2.19. The number of amides is 1. The molecular formula is C22H36N4O. The molecule has 1 saturated heterocycles. The van der Waals surface area contributed by atoms with Crippen molar-refractivity contribution in [2.24, 2.45) is 4.99 Å². The smallest absolute Gasteiger partial charge is 0.222 e. The van der Waals surface area contributed by atoms with Crippen molar-refractivity contribution in [1.82, 2.24) is 15.5 Å². The molecule has 1 fully saturated rings. The third-order valence-electron chi connectivity index (χ3n) is 4.92. The van der Waals surface area contributed by atoms with Gasteiger partial charge in [-0.3, -0.25) is 4.79 Å². The summed E-state index contributed by atoms with van der Waals surface area (Å²) < 4.78 is 0. The van der Waals surface area contributed by atoms with E-state index in [9.17, 15) is 4.79 Å². The van der Waals surface area contributed by atoms with Crippen LogP contribution >= 0.6 is 0 Å². The largest absolute Gasteiger partial charge is 0.357 e. The van der Waals surface area contributed by atoms with Gasteiger partial charge >= 0.3 is 0 Å².